The molecule has 0 N–H and O–H groups in total. The van der Waals surface area contributed by atoms with Crippen molar-refractivity contribution in [1.29, 1.82) is 0 Å². The molecule has 3 rings (SSSR count). The highest BCUT2D eigenvalue weighted by Crippen LogP contribution is 2.36. The van der Waals surface area contributed by atoms with E-state index in [0.717, 1.165) is 0 Å². The summed E-state index contributed by atoms with van der Waals surface area (Å²) in [5, 5.41) is 0. The van der Waals surface area contributed by atoms with Gasteiger partial charge in [0.2, 0.25) is 5.91 Å². The molecule has 154 valence electrons. The third kappa shape index (κ3) is 4.96. The first-order chi connectivity index (χ1) is 14.0. The van der Waals surface area contributed by atoms with E-state index in [-0.39, 0.29) is 37.9 Å². The number of hydrogen-bond acceptors (Lipinski definition) is 6. The molecular formula is C21H22FNO6. The van der Waals surface area contributed by atoms with Gasteiger partial charge in [-0.25, -0.2) is 4.39 Å². The Morgan fingerprint density at radius 3 is 2.48 bits per heavy atom. The first kappa shape index (κ1) is 20.4. The lowest BCUT2D eigenvalue weighted by Gasteiger charge is -2.20. The van der Waals surface area contributed by atoms with Gasteiger partial charge >= 0.3 is 5.97 Å². The zero-order valence-electron chi connectivity index (χ0n) is 16.2. The maximum absolute atomic E-state index is 12.9. The molecule has 8 heteroatoms. The number of ether oxygens (including phenoxy) is 4. The van der Waals surface area contributed by atoms with E-state index in [0.29, 0.717) is 22.9 Å². The average Bonchev–Trinajstić information content (AvgIpc) is 3.13. The second-order valence-electron chi connectivity index (χ2n) is 6.41. The van der Waals surface area contributed by atoms with Crippen molar-refractivity contribution in [2.24, 2.45) is 5.92 Å². The third-order valence-corrected chi connectivity index (χ3v) is 4.55. The summed E-state index contributed by atoms with van der Waals surface area (Å²) in [4.78, 5) is 26.3. The molecular weight excluding hydrogens is 381 g/mol. The van der Waals surface area contributed by atoms with Crippen LogP contribution in [0, 0.1) is 11.7 Å². The van der Waals surface area contributed by atoms with Crippen LogP contribution < -0.4 is 19.1 Å². The van der Waals surface area contributed by atoms with Crippen LogP contribution in [0.5, 0.6) is 17.2 Å². The topological polar surface area (TPSA) is 74.3 Å². The summed E-state index contributed by atoms with van der Waals surface area (Å²) >= 11 is 0. The van der Waals surface area contributed by atoms with Crippen molar-refractivity contribution in [3.05, 3.63) is 48.3 Å². The summed E-state index contributed by atoms with van der Waals surface area (Å²) in [6, 6.07) is 10.7. The second kappa shape index (κ2) is 9.27. The first-order valence-electron chi connectivity index (χ1n) is 9.09. The Morgan fingerprint density at radius 2 is 1.79 bits per heavy atom. The van der Waals surface area contributed by atoms with Crippen LogP contribution in [0.25, 0.3) is 0 Å². The van der Waals surface area contributed by atoms with Gasteiger partial charge in [0.1, 0.15) is 36.3 Å². The summed E-state index contributed by atoms with van der Waals surface area (Å²) in [5.41, 5.74) is 0.577. The minimum absolute atomic E-state index is 0.0345. The highest BCUT2D eigenvalue weighted by atomic mass is 19.1. The zero-order valence-corrected chi connectivity index (χ0v) is 16.2. The number of anilines is 1. The van der Waals surface area contributed by atoms with Crippen molar-refractivity contribution >= 4 is 17.6 Å². The summed E-state index contributed by atoms with van der Waals surface area (Å²) in [5.74, 6) is 0.00640. The summed E-state index contributed by atoms with van der Waals surface area (Å²) in [6.45, 7) is 0.375. The van der Waals surface area contributed by atoms with Crippen LogP contribution >= 0.6 is 0 Å². The minimum Gasteiger partial charge on any atom is -0.497 e. The quantitative estimate of drug-likeness (QED) is 0.499. The molecule has 0 spiro atoms. The Kier molecular flexibility index (Phi) is 6.54. The van der Waals surface area contributed by atoms with Crippen molar-refractivity contribution < 1.29 is 32.9 Å². The van der Waals surface area contributed by atoms with E-state index < -0.39 is 11.9 Å². The highest BCUT2D eigenvalue weighted by molar-refractivity contribution is 6.00. The lowest BCUT2D eigenvalue weighted by molar-refractivity contribution is -0.149. The van der Waals surface area contributed by atoms with Gasteiger partial charge in [0.05, 0.1) is 25.8 Å². The molecule has 0 aromatic heterocycles. The van der Waals surface area contributed by atoms with Crippen LogP contribution in [0.1, 0.15) is 6.42 Å². The standard InChI is InChI=1S/C21H22FNO6/c1-26-17-7-8-18(19(12-17)27-2)23-13-14(11-20(23)24)21(25)29-10-9-28-16-5-3-15(22)4-6-16/h3-8,12,14H,9-11,13H2,1-2H3/t14-/m1/s1. The van der Waals surface area contributed by atoms with E-state index in [1.165, 1.54) is 36.3 Å². The van der Waals surface area contributed by atoms with Crippen molar-refractivity contribution in [3.8, 4) is 17.2 Å². The van der Waals surface area contributed by atoms with Gasteiger partial charge in [-0.1, -0.05) is 0 Å². The number of methoxy groups -OCH3 is 2. The van der Waals surface area contributed by atoms with Crippen molar-refractivity contribution in [2.75, 3.05) is 38.9 Å². The lowest BCUT2D eigenvalue weighted by atomic mass is 10.1. The van der Waals surface area contributed by atoms with Crippen LogP contribution in [0.4, 0.5) is 10.1 Å². The number of esters is 1. The molecule has 2 aromatic carbocycles. The molecule has 0 radical (unpaired) electrons. The molecule has 1 aliphatic heterocycles. The number of carbonyl (C=O) groups is 2. The van der Waals surface area contributed by atoms with Crippen LogP contribution in [0.3, 0.4) is 0 Å². The van der Waals surface area contributed by atoms with Gasteiger partial charge in [-0.05, 0) is 36.4 Å². The van der Waals surface area contributed by atoms with E-state index in [1.54, 1.807) is 25.3 Å². The van der Waals surface area contributed by atoms with Gasteiger partial charge in [-0.2, -0.15) is 0 Å². The molecule has 0 saturated carbocycles. The fourth-order valence-electron chi connectivity index (χ4n) is 3.06. The smallest absolute Gasteiger partial charge is 0.311 e. The number of halogens is 1. The molecule has 2 aromatic rings. The zero-order chi connectivity index (χ0) is 20.8. The average molecular weight is 403 g/mol. The van der Waals surface area contributed by atoms with Gasteiger partial charge < -0.3 is 23.8 Å². The van der Waals surface area contributed by atoms with E-state index in [9.17, 15) is 14.0 Å². The minimum atomic E-state index is -0.569. The van der Waals surface area contributed by atoms with Gasteiger partial charge in [0.15, 0.2) is 0 Å². The Balaban J connectivity index is 1.53. The Morgan fingerprint density at radius 1 is 1.07 bits per heavy atom. The monoisotopic (exact) mass is 403 g/mol. The van der Waals surface area contributed by atoms with Gasteiger partial charge in [0.25, 0.3) is 0 Å². The molecule has 29 heavy (non-hydrogen) atoms. The normalized spacial score (nSPS) is 15.9. The van der Waals surface area contributed by atoms with Crippen LogP contribution in [0.2, 0.25) is 0 Å². The van der Waals surface area contributed by atoms with Gasteiger partial charge in [-0.15, -0.1) is 0 Å². The number of amides is 1. The Labute approximate surface area is 167 Å². The molecule has 0 bridgehead atoms. The van der Waals surface area contributed by atoms with E-state index in [2.05, 4.69) is 0 Å². The number of benzene rings is 2. The molecule has 1 heterocycles. The fourth-order valence-corrected chi connectivity index (χ4v) is 3.06. The second-order valence-corrected chi connectivity index (χ2v) is 6.41. The highest BCUT2D eigenvalue weighted by Gasteiger charge is 2.37. The predicted octanol–water partition coefficient (Wildman–Crippen LogP) is 2.82. The first-order valence-corrected chi connectivity index (χ1v) is 9.09. The van der Waals surface area contributed by atoms with Gasteiger partial charge in [0, 0.05) is 19.0 Å². The molecule has 0 unspecified atom stereocenters. The SMILES string of the molecule is COc1ccc(N2C[C@H](C(=O)OCCOc3ccc(F)cc3)CC2=O)c(OC)c1. The maximum Gasteiger partial charge on any atom is 0.311 e. The van der Waals surface area contributed by atoms with E-state index in [4.69, 9.17) is 18.9 Å². The lowest BCUT2D eigenvalue weighted by Crippen LogP contribution is -2.27. The van der Waals surface area contributed by atoms with Gasteiger partial charge in [-0.3, -0.25) is 9.59 Å². The molecule has 7 nitrogen and oxygen atoms in total. The number of rotatable bonds is 8. The van der Waals surface area contributed by atoms with Crippen molar-refractivity contribution in [1.82, 2.24) is 0 Å². The van der Waals surface area contributed by atoms with Crippen LogP contribution in [0.15, 0.2) is 42.5 Å². The van der Waals surface area contributed by atoms with Crippen LogP contribution in [-0.2, 0) is 14.3 Å². The largest absolute Gasteiger partial charge is 0.497 e. The predicted molar refractivity (Wildman–Crippen MR) is 103 cm³/mol. The van der Waals surface area contributed by atoms with Crippen molar-refractivity contribution in [3.63, 3.8) is 0 Å². The third-order valence-electron chi connectivity index (χ3n) is 4.55. The number of hydrogen-bond donors (Lipinski definition) is 0. The summed E-state index contributed by atoms with van der Waals surface area (Å²) < 4.78 is 34.0. The maximum atomic E-state index is 12.9. The number of carbonyl (C=O) groups excluding carboxylic acids is 2. The summed E-state index contributed by atoms with van der Waals surface area (Å²) in [7, 11) is 3.05. The van der Waals surface area contributed by atoms with Crippen LogP contribution in [-0.4, -0.2) is 45.9 Å². The molecule has 1 saturated heterocycles. The van der Waals surface area contributed by atoms with E-state index >= 15 is 0 Å². The van der Waals surface area contributed by atoms with Crippen molar-refractivity contribution in [2.45, 2.75) is 6.42 Å². The Hall–Kier alpha value is -3.29. The fraction of sp³-hybridized carbons (Fsp3) is 0.333. The Bertz CT molecular complexity index is 870. The molecule has 1 fully saturated rings. The molecule has 1 aliphatic rings. The molecule has 1 atom stereocenters. The summed E-state index contributed by atoms with van der Waals surface area (Å²) in [6.07, 6.45) is 0.0623. The molecule has 0 aliphatic carbocycles. The molecule has 1 amide bonds. The van der Waals surface area contributed by atoms with E-state index in [1.807, 2.05) is 0 Å². The number of nitrogens with zero attached hydrogens (tertiary/aromatic N) is 1.